The summed E-state index contributed by atoms with van der Waals surface area (Å²) in [5.74, 6) is 0.402. The van der Waals surface area contributed by atoms with Crippen molar-refractivity contribution in [1.82, 2.24) is 5.32 Å². The molecule has 0 saturated heterocycles. The molecule has 0 saturated carbocycles. The highest BCUT2D eigenvalue weighted by Crippen LogP contribution is 2.35. The number of nitrogens with one attached hydrogen (secondary N) is 1. The van der Waals surface area contributed by atoms with Crippen molar-refractivity contribution in [3.05, 3.63) is 71.0 Å². The molecule has 2 aromatic carbocycles. The van der Waals surface area contributed by atoms with Gasteiger partial charge in [-0.25, -0.2) is 4.39 Å². The van der Waals surface area contributed by atoms with Crippen LogP contribution in [-0.4, -0.2) is 7.05 Å². The molecule has 0 bridgehead atoms. The predicted octanol–water partition coefficient (Wildman–Crippen LogP) is 4.28. The van der Waals surface area contributed by atoms with Gasteiger partial charge < -0.3 is 5.32 Å². The van der Waals surface area contributed by atoms with Gasteiger partial charge in [-0.2, -0.15) is 0 Å². The second-order valence-electron chi connectivity index (χ2n) is 5.95. The molecule has 0 fully saturated rings. The Morgan fingerprint density at radius 1 is 1.10 bits per heavy atom. The average Bonchev–Trinajstić information content (AvgIpc) is 2.68. The summed E-state index contributed by atoms with van der Waals surface area (Å²) >= 11 is 0. The standard InChI is InChI=1S/C19H22FN/c1-21-19-16(13-14-9-11-17(20)12-10-14)7-4-6-15-5-2-3-8-18(15)19/h2-3,5,8-12,16,19,21H,4,6-7,13H2,1H3. The molecular weight excluding hydrogens is 261 g/mol. The third-order valence-electron chi connectivity index (χ3n) is 4.60. The van der Waals surface area contributed by atoms with Crippen molar-refractivity contribution in [2.45, 2.75) is 31.7 Å². The van der Waals surface area contributed by atoms with Crippen LogP contribution >= 0.6 is 0 Å². The van der Waals surface area contributed by atoms with Gasteiger partial charge in [0.25, 0.3) is 0 Å². The van der Waals surface area contributed by atoms with Crippen LogP contribution < -0.4 is 5.32 Å². The van der Waals surface area contributed by atoms with Gasteiger partial charge in [-0.3, -0.25) is 0 Å². The SMILES string of the molecule is CNC1c2ccccc2CCCC1Cc1ccc(F)cc1. The topological polar surface area (TPSA) is 12.0 Å². The summed E-state index contributed by atoms with van der Waals surface area (Å²) < 4.78 is 13.1. The number of hydrogen-bond acceptors (Lipinski definition) is 1. The fraction of sp³-hybridized carbons (Fsp3) is 0.368. The Morgan fingerprint density at radius 3 is 2.62 bits per heavy atom. The number of halogens is 1. The van der Waals surface area contributed by atoms with Crippen molar-refractivity contribution in [3.8, 4) is 0 Å². The molecule has 110 valence electrons. The Bertz CT molecular complexity index is 591. The monoisotopic (exact) mass is 283 g/mol. The minimum Gasteiger partial charge on any atom is -0.313 e. The number of benzene rings is 2. The second kappa shape index (κ2) is 6.40. The van der Waals surface area contributed by atoms with Gasteiger partial charge in [0.1, 0.15) is 5.82 Å². The number of rotatable bonds is 3. The third-order valence-corrected chi connectivity index (χ3v) is 4.60. The number of fused-ring (bicyclic) bond motifs is 1. The predicted molar refractivity (Wildman–Crippen MR) is 84.8 cm³/mol. The van der Waals surface area contributed by atoms with Crippen LogP contribution in [0, 0.1) is 11.7 Å². The molecule has 0 aromatic heterocycles. The largest absolute Gasteiger partial charge is 0.313 e. The van der Waals surface area contributed by atoms with Crippen LogP contribution in [0.1, 0.15) is 35.6 Å². The summed E-state index contributed by atoms with van der Waals surface area (Å²) in [6, 6.07) is 16.1. The Hall–Kier alpha value is -1.67. The van der Waals surface area contributed by atoms with Crippen LogP contribution in [0.15, 0.2) is 48.5 Å². The molecule has 1 nitrogen and oxygen atoms in total. The normalized spacial score (nSPS) is 21.6. The second-order valence-corrected chi connectivity index (χ2v) is 5.95. The van der Waals surface area contributed by atoms with E-state index in [4.69, 9.17) is 0 Å². The van der Waals surface area contributed by atoms with Crippen LogP contribution in [0.4, 0.5) is 4.39 Å². The fourth-order valence-corrected chi connectivity index (χ4v) is 3.57. The smallest absolute Gasteiger partial charge is 0.123 e. The minimum atomic E-state index is -0.157. The van der Waals surface area contributed by atoms with Crippen molar-refractivity contribution in [1.29, 1.82) is 0 Å². The molecule has 2 aromatic rings. The molecule has 1 aliphatic carbocycles. The van der Waals surface area contributed by atoms with Crippen LogP contribution in [0.3, 0.4) is 0 Å². The molecule has 0 radical (unpaired) electrons. The maximum atomic E-state index is 13.1. The Balaban J connectivity index is 1.86. The van der Waals surface area contributed by atoms with Crippen molar-refractivity contribution in [2.75, 3.05) is 7.05 Å². The lowest BCUT2D eigenvalue weighted by Crippen LogP contribution is -2.26. The van der Waals surface area contributed by atoms with Crippen molar-refractivity contribution in [2.24, 2.45) is 5.92 Å². The Morgan fingerprint density at radius 2 is 1.86 bits per heavy atom. The Kier molecular flexibility index (Phi) is 4.35. The lowest BCUT2D eigenvalue weighted by molar-refractivity contribution is 0.359. The third kappa shape index (κ3) is 3.16. The molecule has 21 heavy (non-hydrogen) atoms. The number of hydrogen-bond donors (Lipinski definition) is 1. The van der Waals surface area contributed by atoms with E-state index in [0.717, 1.165) is 12.8 Å². The van der Waals surface area contributed by atoms with Gasteiger partial charge in [0, 0.05) is 6.04 Å². The molecular formula is C19H22FN. The van der Waals surface area contributed by atoms with E-state index in [9.17, 15) is 4.39 Å². The maximum absolute atomic E-state index is 13.1. The summed E-state index contributed by atoms with van der Waals surface area (Å²) in [7, 11) is 2.05. The summed E-state index contributed by atoms with van der Waals surface area (Å²) in [5, 5.41) is 3.51. The fourth-order valence-electron chi connectivity index (χ4n) is 3.57. The summed E-state index contributed by atoms with van der Waals surface area (Å²) in [4.78, 5) is 0. The molecule has 0 aliphatic heterocycles. The van der Waals surface area contributed by atoms with E-state index < -0.39 is 0 Å². The van der Waals surface area contributed by atoms with E-state index in [2.05, 4.69) is 29.6 Å². The molecule has 2 heteroatoms. The van der Waals surface area contributed by atoms with Gasteiger partial charge in [0.15, 0.2) is 0 Å². The molecule has 2 unspecified atom stereocenters. The summed E-state index contributed by atoms with van der Waals surface area (Å²) in [6.07, 6.45) is 4.59. The summed E-state index contributed by atoms with van der Waals surface area (Å²) in [6.45, 7) is 0. The zero-order chi connectivity index (χ0) is 14.7. The first kappa shape index (κ1) is 14.3. The van der Waals surface area contributed by atoms with Gasteiger partial charge in [0.2, 0.25) is 0 Å². The molecule has 3 rings (SSSR count). The van der Waals surface area contributed by atoms with Crippen LogP contribution in [0.5, 0.6) is 0 Å². The van der Waals surface area contributed by atoms with E-state index in [0.29, 0.717) is 12.0 Å². The molecule has 2 atom stereocenters. The van der Waals surface area contributed by atoms with Crippen molar-refractivity contribution in [3.63, 3.8) is 0 Å². The quantitative estimate of drug-likeness (QED) is 0.829. The molecule has 0 spiro atoms. The minimum absolute atomic E-state index is 0.157. The molecule has 1 aliphatic rings. The first-order chi connectivity index (χ1) is 10.3. The first-order valence-corrected chi connectivity index (χ1v) is 7.77. The van der Waals surface area contributed by atoms with Gasteiger partial charge in [0.05, 0.1) is 0 Å². The van der Waals surface area contributed by atoms with E-state index in [1.54, 1.807) is 12.1 Å². The van der Waals surface area contributed by atoms with E-state index >= 15 is 0 Å². The first-order valence-electron chi connectivity index (χ1n) is 7.77. The van der Waals surface area contributed by atoms with Gasteiger partial charge >= 0.3 is 0 Å². The lowest BCUT2D eigenvalue weighted by Gasteiger charge is -2.26. The van der Waals surface area contributed by atoms with Gasteiger partial charge in [-0.05, 0) is 67.5 Å². The van der Waals surface area contributed by atoms with E-state index in [1.807, 2.05) is 19.2 Å². The van der Waals surface area contributed by atoms with Crippen LogP contribution in [-0.2, 0) is 12.8 Å². The molecule has 0 amide bonds. The average molecular weight is 283 g/mol. The number of aryl methyl sites for hydroxylation is 1. The lowest BCUT2D eigenvalue weighted by atomic mass is 9.86. The van der Waals surface area contributed by atoms with Crippen molar-refractivity contribution >= 4 is 0 Å². The van der Waals surface area contributed by atoms with Crippen molar-refractivity contribution < 1.29 is 4.39 Å². The molecule has 0 heterocycles. The zero-order valence-electron chi connectivity index (χ0n) is 12.5. The Labute approximate surface area is 126 Å². The zero-order valence-corrected chi connectivity index (χ0v) is 12.5. The van der Waals surface area contributed by atoms with E-state index in [-0.39, 0.29) is 5.82 Å². The highest BCUT2D eigenvalue weighted by molar-refractivity contribution is 5.32. The highest BCUT2D eigenvalue weighted by atomic mass is 19.1. The molecule has 1 N–H and O–H groups in total. The highest BCUT2D eigenvalue weighted by Gasteiger charge is 2.26. The maximum Gasteiger partial charge on any atom is 0.123 e. The van der Waals surface area contributed by atoms with E-state index in [1.165, 1.54) is 29.5 Å². The van der Waals surface area contributed by atoms with Gasteiger partial charge in [-0.15, -0.1) is 0 Å². The summed E-state index contributed by atoms with van der Waals surface area (Å²) in [5.41, 5.74) is 4.13. The van der Waals surface area contributed by atoms with Crippen LogP contribution in [0.2, 0.25) is 0 Å². The van der Waals surface area contributed by atoms with Crippen LogP contribution in [0.25, 0.3) is 0 Å². The van der Waals surface area contributed by atoms with Gasteiger partial charge in [-0.1, -0.05) is 36.4 Å².